The van der Waals surface area contributed by atoms with Crippen molar-refractivity contribution in [1.82, 2.24) is 15.2 Å². The van der Waals surface area contributed by atoms with Gasteiger partial charge in [-0.1, -0.05) is 0 Å². The molecule has 0 aromatic carbocycles. The van der Waals surface area contributed by atoms with Crippen LogP contribution >= 0.6 is 0 Å². The van der Waals surface area contributed by atoms with E-state index in [-0.39, 0.29) is 12.1 Å². The number of aryl methyl sites for hydroxylation is 1. The Bertz CT molecular complexity index is 274. The Kier molecular flexibility index (Phi) is 4.06. The zero-order valence-corrected chi connectivity index (χ0v) is 8.90. The number of hydrogen-bond donors (Lipinski definition) is 2. The molecule has 2 unspecified atom stereocenters. The lowest BCUT2D eigenvalue weighted by atomic mass is 10.1. The maximum Gasteiger partial charge on any atom is 0.0561 e. The zero-order valence-electron chi connectivity index (χ0n) is 8.90. The maximum absolute atomic E-state index is 5.47. The molecule has 5 nitrogen and oxygen atoms in total. The lowest BCUT2D eigenvalue weighted by Gasteiger charge is -2.17. The molecule has 1 aromatic heterocycles. The molecule has 80 valence electrons. The second-order valence-electron chi connectivity index (χ2n) is 3.45. The third-order valence-corrected chi connectivity index (χ3v) is 2.30. The summed E-state index contributed by atoms with van der Waals surface area (Å²) in [7, 11) is 3.58. The van der Waals surface area contributed by atoms with E-state index < -0.39 is 0 Å². The molecule has 0 saturated heterocycles. The summed E-state index contributed by atoms with van der Waals surface area (Å²) in [6.45, 7) is 2.01. The molecule has 0 saturated carbocycles. The van der Waals surface area contributed by atoms with Crippen molar-refractivity contribution in [3.63, 3.8) is 0 Å². The molecule has 1 heterocycles. The van der Waals surface area contributed by atoms with Crippen LogP contribution in [0.25, 0.3) is 0 Å². The van der Waals surface area contributed by atoms with Gasteiger partial charge in [-0.15, -0.1) is 0 Å². The molecule has 3 N–H and O–H groups in total. The minimum Gasteiger partial charge on any atom is -0.382 e. The van der Waals surface area contributed by atoms with E-state index in [4.69, 9.17) is 10.6 Å². The van der Waals surface area contributed by atoms with E-state index in [0.29, 0.717) is 0 Å². The molecular weight excluding hydrogens is 180 g/mol. The SMILES string of the molecule is COC(C)CC(NN)c1cnn(C)c1. The largest absolute Gasteiger partial charge is 0.382 e. The lowest BCUT2D eigenvalue weighted by molar-refractivity contribution is 0.100. The third-order valence-electron chi connectivity index (χ3n) is 2.30. The normalized spacial score (nSPS) is 15.4. The van der Waals surface area contributed by atoms with Gasteiger partial charge in [-0.3, -0.25) is 16.0 Å². The quantitative estimate of drug-likeness (QED) is 0.529. The zero-order chi connectivity index (χ0) is 10.6. The summed E-state index contributed by atoms with van der Waals surface area (Å²) >= 11 is 0. The number of ether oxygens (including phenoxy) is 1. The predicted octanol–water partition coefficient (Wildman–Crippen LogP) is 0.350. The van der Waals surface area contributed by atoms with Gasteiger partial charge in [0.2, 0.25) is 0 Å². The van der Waals surface area contributed by atoms with Crippen molar-refractivity contribution < 1.29 is 4.74 Å². The van der Waals surface area contributed by atoms with Crippen molar-refractivity contribution in [3.05, 3.63) is 18.0 Å². The number of nitrogens with one attached hydrogen (secondary N) is 1. The fourth-order valence-corrected chi connectivity index (χ4v) is 1.35. The Labute approximate surface area is 84.2 Å². The Morgan fingerprint density at radius 1 is 1.71 bits per heavy atom. The molecule has 0 bridgehead atoms. The van der Waals surface area contributed by atoms with E-state index in [1.165, 1.54) is 0 Å². The first-order valence-corrected chi connectivity index (χ1v) is 4.64. The highest BCUT2D eigenvalue weighted by Gasteiger charge is 2.14. The molecular formula is C9H18N4O. The van der Waals surface area contributed by atoms with Gasteiger partial charge in [0.1, 0.15) is 0 Å². The number of hydrogen-bond acceptors (Lipinski definition) is 4. The number of rotatable bonds is 5. The van der Waals surface area contributed by atoms with Crippen molar-refractivity contribution in [2.45, 2.75) is 25.5 Å². The van der Waals surface area contributed by atoms with Gasteiger partial charge in [0.05, 0.1) is 18.3 Å². The van der Waals surface area contributed by atoms with Crippen LogP contribution in [-0.4, -0.2) is 23.0 Å². The summed E-state index contributed by atoms with van der Waals surface area (Å²) < 4.78 is 6.95. The molecule has 0 radical (unpaired) electrons. The minimum atomic E-state index is 0.0960. The Balaban J connectivity index is 2.62. The molecule has 5 heteroatoms. The Morgan fingerprint density at radius 3 is 2.86 bits per heavy atom. The van der Waals surface area contributed by atoms with Gasteiger partial charge in [0, 0.05) is 25.9 Å². The van der Waals surface area contributed by atoms with Gasteiger partial charge in [-0.25, -0.2) is 0 Å². The number of nitrogens with zero attached hydrogens (tertiary/aromatic N) is 2. The number of nitrogens with two attached hydrogens (primary N) is 1. The highest BCUT2D eigenvalue weighted by Crippen LogP contribution is 2.17. The third kappa shape index (κ3) is 2.80. The number of hydrazine groups is 1. The highest BCUT2D eigenvalue weighted by molar-refractivity contribution is 5.10. The average Bonchev–Trinajstić information content (AvgIpc) is 2.60. The first kappa shape index (κ1) is 11.2. The van der Waals surface area contributed by atoms with Crippen molar-refractivity contribution in [3.8, 4) is 0 Å². The Hall–Kier alpha value is -0.910. The van der Waals surface area contributed by atoms with Gasteiger partial charge >= 0.3 is 0 Å². The molecule has 2 atom stereocenters. The van der Waals surface area contributed by atoms with Gasteiger partial charge in [-0.2, -0.15) is 5.10 Å². The fraction of sp³-hybridized carbons (Fsp3) is 0.667. The molecule has 0 aliphatic carbocycles. The van der Waals surface area contributed by atoms with Crippen molar-refractivity contribution in [1.29, 1.82) is 0 Å². The van der Waals surface area contributed by atoms with Crippen LogP contribution in [0, 0.1) is 0 Å². The van der Waals surface area contributed by atoms with Gasteiger partial charge in [-0.05, 0) is 13.3 Å². The van der Waals surface area contributed by atoms with Crippen molar-refractivity contribution in [2.75, 3.05) is 7.11 Å². The van der Waals surface area contributed by atoms with Gasteiger partial charge in [0.15, 0.2) is 0 Å². The predicted molar refractivity (Wildman–Crippen MR) is 54.4 cm³/mol. The van der Waals surface area contributed by atoms with Crippen LogP contribution in [-0.2, 0) is 11.8 Å². The second-order valence-corrected chi connectivity index (χ2v) is 3.45. The molecule has 0 fully saturated rings. The van der Waals surface area contributed by atoms with E-state index in [2.05, 4.69) is 10.5 Å². The first-order valence-electron chi connectivity index (χ1n) is 4.64. The molecule has 0 aliphatic heterocycles. The van der Waals surface area contributed by atoms with Crippen molar-refractivity contribution in [2.24, 2.45) is 12.9 Å². The topological polar surface area (TPSA) is 65.1 Å². The van der Waals surface area contributed by atoms with Crippen molar-refractivity contribution >= 4 is 0 Å². The molecule has 14 heavy (non-hydrogen) atoms. The number of methoxy groups -OCH3 is 1. The lowest BCUT2D eigenvalue weighted by Crippen LogP contribution is -2.30. The Morgan fingerprint density at radius 2 is 2.43 bits per heavy atom. The average molecular weight is 198 g/mol. The van der Waals surface area contributed by atoms with Crippen LogP contribution in [0.3, 0.4) is 0 Å². The molecule has 0 aliphatic rings. The van der Waals surface area contributed by atoms with Crippen LogP contribution in [0.1, 0.15) is 24.9 Å². The van der Waals surface area contributed by atoms with E-state index in [1.807, 2.05) is 26.4 Å². The summed E-state index contributed by atoms with van der Waals surface area (Å²) in [6.07, 6.45) is 4.77. The van der Waals surface area contributed by atoms with Crippen LogP contribution in [0.5, 0.6) is 0 Å². The van der Waals surface area contributed by atoms with E-state index in [9.17, 15) is 0 Å². The van der Waals surface area contributed by atoms with Crippen LogP contribution < -0.4 is 11.3 Å². The summed E-state index contributed by atoms with van der Waals surface area (Å²) in [4.78, 5) is 0. The smallest absolute Gasteiger partial charge is 0.0561 e. The summed E-state index contributed by atoms with van der Waals surface area (Å²) in [6, 6.07) is 0.0960. The van der Waals surface area contributed by atoms with Crippen LogP contribution in [0.2, 0.25) is 0 Å². The van der Waals surface area contributed by atoms with E-state index in [1.54, 1.807) is 11.8 Å². The van der Waals surface area contributed by atoms with E-state index >= 15 is 0 Å². The molecule has 0 spiro atoms. The molecule has 1 rings (SSSR count). The summed E-state index contributed by atoms with van der Waals surface area (Å²) in [5.74, 6) is 5.47. The standard InChI is InChI=1S/C9H18N4O/c1-7(14-3)4-9(12-10)8-5-11-13(2)6-8/h5-7,9,12H,4,10H2,1-3H3. The van der Waals surface area contributed by atoms with Gasteiger partial charge in [0.25, 0.3) is 0 Å². The summed E-state index contributed by atoms with van der Waals surface area (Å²) in [5.41, 5.74) is 3.85. The first-order chi connectivity index (χ1) is 6.67. The molecule has 1 aromatic rings. The maximum atomic E-state index is 5.47. The fourth-order valence-electron chi connectivity index (χ4n) is 1.35. The molecule has 0 amide bonds. The summed E-state index contributed by atoms with van der Waals surface area (Å²) in [5, 5.41) is 4.10. The van der Waals surface area contributed by atoms with Crippen LogP contribution in [0.4, 0.5) is 0 Å². The van der Waals surface area contributed by atoms with Crippen LogP contribution in [0.15, 0.2) is 12.4 Å². The van der Waals surface area contributed by atoms with E-state index in [0.717, 1.165) is 12.0 Å². The number of aromatic nitrogens is 2. The van der Waals surface area contributed by atoms with Gasteiger partial charge < -0.3 is 4.74 Å². The monoisotopic (exact) mass is 198 g/mol. The highest BCUT2D eigenvalue weighted by atomic mass is 16.5. The second kappa shape index (κ2) is 5.09. The minimum absolute atomic E-state index is 0.0960.